The van der Waals surface area contributed by atoms with Gasteiger partial charge in [-0.3, -0.25) is 4.72 Å². The third kappa shape index (κ3) is 2.87. The van der Waals surface area contributed by atoms with Crippen LogP contribution in [-0.4, -0.2) is 32.4 Å². The molecule has 6 nitrogen and oxygen atoms in total. The number of aromatic carboxylic acids is 1. The molecule has 0 saturated heterocycles. The average molecular weight is 299 g/mol. The Hall–Kier alpha value is -1.76. The summed E-state index contributed by atoms with van der Waals surface area (Å²) in [4.78, 5) is 11.2. The highest BCUT2D eigenvalue weighted by molar-refractivity contribution is 7.92. The van der Waals surface area contributed by atoms with Crippen LogP contribution >= 0.6 is 0 Å². The van der Waals surface area contributed by atoms with E-state index in [-0.39, 0.29) is 23.0 Å². The molecule has 0 heterocycles. The van der Waals surface area contributed by atoms with Crippen LogP contribution in [-0.2, 0) is 10.0 Å². The Labute approximate surface area is 117 Å². The van der Waals surface area contributed by atoms with Gasteiger partial charge in [0.05, 0.1) is 18.6 Å². The van der Waals surface area contributed by atoms with E-state index in [1.165, 1.54) is 19.2 Å². The molecule has 0 bridgehead atoms. The third-order valence-electron chi connectivity index (χ3n) is 3.26. The maximum atomic E-state index is 11.7. The van der Waals surface area contributed by atoms with Crippen LogP contribution in [0, 0.1) is 0 Å². The fourth-order valence-corrected chi connectivity index (χ4v) is 2.75. The van der Waals surface area contributed by atoms with E-state index < -0.39 is 16.0 Å². The average Bonchev–Trinajstić information content (AvgIpc) is 3.21. The molecule has 110 valence electrons. The molecular formula is C13H17NO5S. The Bertz CT molecular complexity index is 634. The largest absolute Gasteiger partial charge is 0.495 e. The minimum Gasteiger partial charge on any atom is -0.495 e. The van der Waals surface area contributed by atoms with Gasteiger partial charge in [-0.05, 0) is 37.8 Å². The first kappa shape index (κ1) is 14.6. The van der Waals surface area contributed by atoms with Crippen molar-refractivity contribution in [1.82, 2.24) is 0 Å². The highest BCUT2D eigenvalue weighted by Crippen LogP contribution is 2.49. The van der Waals surface area contributed by atoms with Gasteiger partial charge in [-0.2, -0.15) is 0 Å². The van der Waals surface area contributed by atoms with Gasteiger partial charge in [0.15, 0.2) is 0 Å². The lowest BCUT2D eigenvalue weighted by Gasteiger charge is -2.16. The molecule has 0 spiro atoms. The Morgan fingerprint density at radius 3 is 2.55 bits per heavy atom. The SMILES string of the molecule is CCS(=O)(=O)Nc1ccc(C(=O)O)c(OC)c1C1CC1. The second-order valence-corrected chi connectivity index (χ2v) is 6.70. The first-order valence-corrected chi connectivity index (χ1v) is 7.99. The van der Waals surface area contributed by atoms with Crippen molar-refractivity contribution in [3.63, 3.8) is 0 Å². The highest BCUT2D eigenvalue weighted by Gasteiger charge is 2.32. The second kappa shape index (κ2) is 5.32. The zero-order valence-electron chi connectivity index (χ0n) is 11.3. The standard InChI is InChI=1S/C13H17NO5S/c1-3-20(17,18)14-10-7-6-9(13(15)16)12(19-2)11(10)8-4-5-8/h6-8,14H,3-5H2,1-2H3,(H,15,16). The zero-order valence-corrected chi connectivity index (χ0v) is 12.2. The summed E-state index contributed by atoms with van der Waals surface area (Å²) in [5.41, 5.74) is 1.11. The molecule has 1 aliphatic carbocycles. The summed E-state index contributed by atoms with van der Waals surface area (Å²) in [5.74, 6) is -0.733. The van der Waals surface area contributed by atoms with Crippen LogP contribution in [0.25, 0.3) is 0 Å². The molecule has 1 aliphatic rings. The minimum absolute atomic E-state index is 0.0416. The highest BCUT2D eigenvalue weighted by atomic mass is 32.2. The zero-order chi connectivity index (χ0) is 14.9. The number of ether oxygens (including phenoxy) is 1. The van der Waals surface area contributed by atoms with E-state index in [0.29, 0.717) is 11.3 Å². The van der Waals surface area contributed by atoms with Crippen LogP contribution in [0.5, 0.6) is 5.75 Å². The van der Waals surface area contributed by atoms with Crippen molar-refractivity contribution in [2.24, 2.45) is 0 Å². The number of sulfonamides is 1. The molecular weight excluding hydrogens is 282 g/mol. The summed E-state index contributed by atoms with van der Waals surface area (Å²) >= 11 is 0. The number of nitrogens with one attached hydrogen (secondary N) is 1. The molecule has 2 rings (SSSR count). The number of carboxylic acids is 1. The number of carboxylic acid groups (broad SMARTS) is 1. The summed E-state index contributed by atoms with van der Waals surface area (Å²) in [6.45, 7) is 1.54. The van der Waals surface area contributed by atoms with Crippen LogP contribution in [0.2, 0.25) is 0 Å². The lowest BCUT2D eigenvalue weighted by atomic mass is 10.0. The maximum Gasteiger partial charge on any atom is 0.339 e. The monoisotopic (exact) mass is 299 g/mol. The van der Waals surface area contributed by atoms with Gasteiger partial charge in [-0.25, -0.2) is 13.2 Å². The number of carbonyl (C=O) groups is 1. The van der Waals surface area contributed by atoms with E-state index in [4.69, 9.17) is 4.74 Å². The Morgan fingerprint density at radius 2 is 2.10 bits per heavy atom. The van der Waals surface area contributed by atoms with Gasteiger partial charge in [0.2, 0.25) is 10.0 Å². The predicted molar refractivity (Wildman–Crippen MR) is 75.0 cm³/mol. The Balaban J connectivity index is 2.55. The second-order valence-electron chi connectivity index (χ2n) is 4.69. The molecule has 0 amide bonds. The molecule has 1 fully saturated rings. The Kier molecular flexibility index (Phi) is 3.89. The Morgan fingerprint density at radius 1 is 1.45 bits per heavy atom. The topological polar surface area (TPSA) is 92.7 Å². The predicted octanol–water partition coefficient (Wildman–Crippen LogP) is 2.03. The van der Waals surface area contributed by atoms with Crippen LogP contribution in [0.15, 0.2) is 12.1 Å². The number of benzene rings is 1. The fourth-order valence-electron chi connectivity index (χ4n) is 2.09. The third-order valence-corrected chi connectivity index (χ3v) is 4.55. The van der Waals surface area contributed by atoms with Crippen LogP contribution in [0.4, 0.5) is 5.69 Å². The van der Waals surface area contributed by atoms with Crippen molar-refractivity contribution in [2.75, 3.05) is 17.6 Å². The van der Waals surface area contributed by atoms with E-state index in [1.54, 1.807) is 6.92 Å². The van der Waals surface area contributed by atoms with E-state index in [1.807, 2.05) is 0 Å². The van der Waals surface area contributed by atoms with Gasteiger partial charge in [-0.1, -0.05) is 0 Å². The molecule has 1 aromatic carbocycles. The van der Waals surface area contributed by atoms with Gasteiger partial charge < -0.3 is 9.84 Å². The molecule has 0 atom stereocenters. The number of hydrogen-bond acceptors (Lipinski definition) is 4. The quantitative estimate of drug-likeness (QED) is 0.838. The lowest BCUT2D eigenvalue weighted by Crippen LogP contribution is -2.16. The molecule has 0 aromatic heterocycles. The van der Waals surface area contributed by atoms with Crippen LogP contribution in [0.3, 0.4) is 0 Å². The van der Waals surface area contributed by atoms with Crippen molar-refractivity contribution >= 4 is 21.7 Å². The number of hydrogen-bond donors (Lipinski definition) is 2. The van der Waals surface area contributed by atoms with E-state index >= 15 is 0 Å². The molecule has 7 heteroatoms. The molecule has 1 saturated carbocycles. The molecule has 1 aromatic rings. The fraction of sp³-hybridized carbons (Fsp3) is 0.462. The van der Waals surface area contributed by atoms with Gasteiger partial charge >= 0.3 is 5.97 Å². The van der Waals surface area contributed by atoms with E-state index in [9.17, 15) is 18.3 Å². The normalized spacial score (nSPS) is 14.9. The van der Waals surface area contributed by atoms with Gasteiger partial charge in [-0.15, -0.1) is 0 Å². The van der Waals surface area contributed by atoms with Gasteiger partial charge in [0.1, 0.15) is 11.3 Å². The molecule has 0 aliphatic heterocycles. The van der Waals surface area contributed by atoms with Crippen molar-refractivity contribution in [2.45, 2.75) is 25.7 Å². The van der Waals surface area contributed by atoms with Gasteiger partial charge in [0, 0.05) is 5.56 Å². The number of methoxy groups -OCH3 is 1. The van der Waals surface area contributed by atoms with Crippen molar-refractivity contribution in [1.29, 1.82) is 0 Å². The molecule has 0 unspecified atom stereocenters. The molecule has 0 radical (unpaired) electrons. The first-order valence-electron chi connectivity index (χ1n) is 6.34. The minimum atomic E-state index is -3.41. The van der Waals surface area contributed by atoms with Crippen molar-refractivity contribution in [3.05, 3.63) is 23.3 Å². The van der Waals surface area contributed by atoms with E-state index in [0.717, 1.165) is 12.8 Å². The lowest BCUT2D eigenvalue weighted by molar-refractivity contribution is 0.0693. The number of anilines is 1. The number of rotatable bonds is 6. The molecule has 2 N–H and O–H groups in total. The van der Waals surface area contributed by atoms with Crippen molar-refractivity contribution < 1.29 is 23.1 Å². The smallest absolute Gasteiger partial charge is 0.339 e. The molecule has 20 heavy (non-hydrogen) atoms. The van der Waals surface area contributed by atoms with E-state index in [2.05, 4.69) is 4.72 Å². The maximum absolute atomic E-state index is 11.7. The van der Waals surface area contributed by atoms with Crippen LogP contribution in [0.1, 0.15) is 41.6 Å². The summed E-state index contributed by atoms with van der Waals surface area (Å²) < 4.78 is 31.1. The van der Waals surface area contributed by atoms with Gasteiger partial charge in [0.25, 0.3) is 0 Å². The summed E-state index contributed by atoms with van der Waals surface area (Å²) in [6.07, 6.45) is 1.81. The summed E-state index contributed by atoms with van der Waals surface area (Å²) in [5, 5.41) is 9.17. The summed E-state index contributed by atoms with van der Waals surface area (Å²) in [7, 11) is -2.02. The van der Waals surface area contributed by atoms with Crippen molar-refractivity contribution in [3.8, 4) is 5.75 Å². The summed E-state index contributed by atoms with van der Waals surface area (Å²) in [6, 6.07) is 2.85. The van der Waals surface area contributed by atoms with Crippen LogP contribution < -0.4 is 9.46 Å². The first-order chi connectivity index (χ1) is 9.39.